The third-order valence-electron chi connectivity index (χ3n) is 6.13. The van der Waals surface area contributed by atoms with E-state index >= 15 is 0 Å². The number of benzene rings is 2. The van der Waals surface area contributed by atoms with E-state index in [2.05, 4.69) is 30.6 Å². The summed E-state index contributed by atoms with van der Waals surface area (Å²) in [6.45, 7) is 7.94. The molecule has 190 valence electrons. The zero-order valence-electron chi connectivity index (χ0n) is 21.6. The number of likely N-dealkylation sites (N-methyl/N-ethyl adjacent to an activating group) is 1. The molecule has 0 saturated heterocycles. The molecule has 0 bridgehead atoms. The summed E-state index contributed by atoms with van der Waals surface area (Å²) in [6.07, 6.45) is 4.20. The Morgan fingerprint density at radius 1 is 1.03 bits per heavy atom. The van der Waals surface area contributed by atoms with Crippen molar-refractivity contribution in [2.45, 2.75) is 52.7 Å². The van der Waals surface area contributed by atoms with E-state index in [1.165, 1.54) is 12.5 Å². The Morgan fingerprint density at radius 3 is 2.42 bits per heavy atom. The van der Waals surface area contributed by atoms with Gasteiger partial charge in [0, 0.05) is 19.2 Å². The fraction of sp³-hybridized carbons (Fsp3) is 0.345. The highest BCUT2D eigenvalue weighted by molar-refractivity contribution is 6.06. The molecule has 0 aromatic heterocycles. The lowest BCUT2D eigenvalue weighted by Gasteiger charge is -2.24. The number of nitrogens with one attached hydrogen (secondary N) is 2. The molecule has 2 aromatic carbocycles. The van der Waals surface area contributed by atoms with E-state index in [1.807, 2.05) is 61.5 Å². The fourth-order valence-corrected chi connectivity index (χ4v) is 4.09. The summed E-state index contributed by atoms with van der Waals surface area (Å²) in [5, 5.41) is 5.44. The summed E-state index contributed by atoms with van der Waals surface area (Å²) in [4.78, 5) is 40.1. The number of nitrogens with zero attached hydrogens (tertiary/aromatic N) is 1. The quantitative estimate of drug-likeness (QED) is 0.493. The molecular weight excluding hydrogens is 454 g/mol. The van der Waals surface area contributed by atoms with E-state index in [9.17, 15) is 14.4 Å². The smallest absolute Gasteiger partial charge is 0.408 e. The van der Waals surface area contributed by atoms with Gasteiger partial charge in [0.05, 0.1) is 5.69 Å². The van der Waals surface area contributed by atoms with E-state index in [-0.39, 0.29) is 5.91 Å². The number of anilines is 1. The van der Waals surface area contributed by atoms with Crippen LogP contribution >= 0.6 is 0 Å². The van der Waals surface area contributed by atoms with E-state index in [4.69, 9.17) is 4.74 Å². The monoisotopic (exact) mass is 489 g/mol. The number of hydrogen-bond acceptors (Lipinski definition) is 4. The van der Waals surface area contributed by atoms with Gasteiger partial charge in [0.1, 0.15) is 6.04 Å². The van der Waals surface area contributed by atoms with Crippen LogP contribution in [0.3, 0.4) is 0 Å². The lowest BCUT2D eigenvalue weighted by Crippen LogP contribution is -2.45. The van der Waals surface area contributed by atoms with Gasteiger partial charge in [-0.1, -0.05) is 65.8 Å². The number of para-hydroxylation sites is 1. The minimum atomic E-state index is -1.08. The summed E-state index contributed by atoms with van der Waals surface area (Å²) < 4.78 is 5.27. The first-order valence-corrected chi connectivity index (χ1v) is 12.2. The molecule has 0 spiro atoms. The van der Waals surface area contributed by atoms with Crippen LogP contribution in [0, 0.1) is 0 Å². The lowest BCUT2D eigenvalue weighted by molar-refractivity contribution is -0.132. The van der Waals surface area contributed by atoms with Crippen LogP contribution in [0.15, 0.2) is 71.8 Å². The Labute approximate surface area is 213 Å². The molecule has 1 heterocycles. The summed E-state index contributed by atoms with van der Waals surface area (Å²) in [5.74, 6) is -0.822. The van der Waals surface area contributed by atoms with E-state index in [0.29, 0.717) is 12.1 Å². The Morgan fingerprint density at radius 2 is 1.69 bits per heavy atom. The largest absolute Gasteiger partial charge is 0.436 e. The molecule has 1 aliphatic heterocycles. The van der Waals surface area contributed by atoms with Crippen molar-refractivity contribution in [3.63, 3.8) is 0 Å². The molecule has 3 amide bonds. The normalized spacial score (nSPS) is 15.7. The Balaban J connectivity index is 1.63. The molecular formula is C29H35N3O4. The minimum Gasteiger partial charge on any atom is -0.436 e. The third kappa shape index (κ3) is 6.62. The number of fused-ring (bicyclic) bond motifs is 3. The highest BCUT2D eigenvalue weighted by Crippen LogP contribution is 2.39. The summed E-state index contributed by atoms with van der Waals surface area (Å²) >= 11 is 0. The van der Waals surface area contributed by atoms with Crippen molar-refractivity contribution in [2.24, 2.45) is 0 Å². The van der Waals surface area contributed by atoms with Crippen LogP contribution in [0.4, 0.5) is 10.5 Å². The standard InChI is InChI=1S/C29H35N3O4/c1-19(2)11-10-12-20(3)17-18-30-29(35)36-21(4)27(33)31-26-24-15-7-6-13-22(24)23-14-8-9-16-25(23)32(5)28(26)34/h6-9,11,13-17,21,26H,10,12,18H2,1-5H3,(H,30,35)(H,31,33)/b20-17+/t21-,26?/m0/s1. The number of rotatable bonds is 8. The van der Waals surface area contributed by atoms with Gasteiger partial charge in [0.25, 0.3) is 11.8 Å². The molecule has 7 nitrogen and oxygen atoms in total. The molecule has 1 aliphatic rings. The Hall–Kier alpha value is -3.87. The van der Waals surface area contributed by atoms with Gasteiger partial charge < -0.3 is 20.3 Å². The molecule has 36 heavy (non-hydrogen) atoms. The topological polar surface area (TPSA) is 87.7 Å². The number of amides is 3. The van der Waals surface area contributed by atoms with Gasteiger partial charge in [0.2, 0.25) is 0 Å². The van der Waals surface area contributed by atoms with Gasteiger partial charge in [-0.05, 0) is 57.7 Å². The van der Waals surface area contributed by atoms with Gasteiger partial charge in [0.15, 0.2) is 6.10 Å². The van der Waals surface area contributed by atoms with Gasteiger partial charge in [-0.2, -0.15) is 0 Å². The first-order valence-electron chi connectivity index (χ1n) is 12.2. The van der Waals surface area contributed by atoms with Gasteiger partial charge in [-0.15, -0.1) is 0 Å². The number of carbonyl (C=O) groups excluding carboxylic acids is 3. The van der Waals surface area contributed by atoms with E-state index < -0.39 is 24.1 Å². The molecule has 0 aliphatic carbocycles. The van der Waals surface area contributed by atoms with Gasteiger partial charge in [-0.25, -0.2) is 4.79 Å². The molecule has 1 unspecified atom stereocenters. The molecule has 2 N–H and O–H groups in total. The number of hydrogen-bond donors (Lipinski definition) is 2. The maximum absolute atomic E-state index is 13.3. The van der Waals surface area contributed by atoms with Crippen molar-refractivity contribution in [3.05, 3.63) is 77.4 Å². The van der Waals surface area contributed by atoms with Crippen LogP contribution in [0.25, 0.3) is 11.1 Å². The molecule has 0 saturated carbocycles. The highest BCUT2D eigenvalue weighted by Gasteiger charge is 2.34. The van der Waals surface area contributed by atoms with Crippen molar-refractivity contribution in [1.82, 2.24) is 10.6 Å². The molecule has 2 aromatic rings. The Bertz CT molecular complexity index is 1180. The predicted octanol–water partition coefficient (Wildman–Crippen LogP) is 5.29. The first kappa shape index (κ1) is 26.7. The van der Waals surface area contributed by atoms with Gasteiger partial charge >= 0.3 is 6.09 Å². The second kappa shape index (κ2) is 12.2. The minimum absolute atomic E-state index is 0.272. The average molecular weight is 490 g/mol. The van der Waals surface area contributed by atoms with Crippen molar-refractivity contribution >= 4 is 23.6 Å². The van der Waals surface area contributed by atoms with Crippen LogP contribution in [0.2, 0.25) is 0 Å². The molecule has 3 rings (SSSR count). The van der Waals surface area contributed by atoms with Crippen LogP contribution < -0.4 is 15.5 Å². The Kier molecular flexibility index (Phi) is 9.06. The summed E-state index contributed by atoms with van der Waals surface area (Å²) in [5.41, 5.74) is 5.68. The zero-order valence-corrected chi connectivity index (χ0v) is 21.6. The molecule has 0 fully saturated rings. The highest BCUT2D eigenvalue weighted by atomic mass is 16.6. The summed E-state index contributed by atoms with van der Waals surface area (Å²) in [7, 11) is 1.69. The second-order valence-corrected chi connectivity index (χ2v) is 9.24. The number of ether oxygens (including phenoxy) is 1. The van der Waals surface area contributed by atoms with Crippen LogP contribution in [0.5, 0.6) is 0 Å². The van der Waals surface area contributed by atoms with Crippen molar-refractivity contribution in [2.75, 3.05) is 18.5 Å². The number of allylic oxidation sites excluding steroid dienone is 3. The van der Waals surface area contributed by atoms with Crippen molar-refractivity contribution in [1.29, 1.82) is 0 Å². The maximum Gasteiger partial charge on any atom is 0.408 e. The van der Waals surface area contributed by atoms with Crippen LogP contribution in [-0.2, 0) is 14.3 Å². The fourth-order valence-electron chi connectivity index (χ4n) is 4.09. The van der Waals surface area contributed by atoms with Gasteiger partial charge in [-0.3, -0.25) is 9.59 Å². The molecule has 0 radical (unpaired) electrons. The third-order valence-corrected chi connectivity index (χ3v) is 6.13. The van der Waals surface area contributed by atoms with Crippen LogP contribution in [-0.4, -0.2) is 37.6 Å². The predicted molar refractivity (Wildman–Crippen MR) is 143 cm³/mol. The summed E-state index contributed by atoms with van der Waals surface area (Å²) in [6, 6.07) is 14.2. The SMILES string of the molecule is CC(C)=CCC/C(C)=C/CNC(=O)O[C@@H](C)C(=O)NC1C(=O)N(C)c2ccccc2-c2ccccc21. The average Bonchev–Trinajstić information content (AvgIpc) is 2.93. The van der Waals surface area contributed by atoms with Crippen molar-refractivity contribution in [3.8, 4) is 11.1 Å². The number of carbonyl (C=O) groups is 3. The van der Waals surface area contributed by atoms with E-state index in [1.54, 1.807) is 11.9 Å². The molecule has 2 atom stereocenters. The van der Waals surface area contributed by atoms with E-state index in [0.717, 1.165) is 35.2 Å². The van der Waals surface area contributed by atoms with Crippen LogP contribution in [0.1, 0.15) is 52.1 Å². The zero-order chi connectivity index (χ0) is 26.2. The second-order valence-electron chi connectivity index (χ2n) is 9.24. The van der Waals surface area contributed by atoms with Crippen molar-refractivity contribution < 1.29 is 19.1 Å². The lowest BCUT2D eigenvalue weighted by atomic mass is 9.95. The molecule has 7 heteroatoms. The first-order chi connectivity index (χ1) is 17.2. The number of alkyl carbamates (subject to hydrolysis) is 1. The maximum atomic E-state index is 13.3.